The first-order valence-corrected chi connectivity index (χ1v) is 7.58. The number of carbonyl (C=O) groups is 2. The fourth-order valence-electron chi connectivity index (χ4n) is 1.86. The molecule has 0 saturated carbocycles. The quantitative estimate of drug-likeness (QED) is 0.815. The molecule has 0 fully saturated rings. The van der Waals surface area contributed by atoms with Crippen molar-refractivity contribution in [2.24, 2.45) is 0 Å². The van der Waals surface area contributed by atoms with Crippen molar-refractivity contribution in [3.8, 4) is 5.75 Å². The molecular weight excluding hydrogens is 335 g/mol. The number of hydrazine groups is 1. The third kappa shape index (κ3) is 5.24. The molecule has 2 rings (SSSR count). The van der Waals surface area contributed by atoms with Crippen molar-refractivity contribution in [3.05, 3.63) is 64.9 Å². The Morgan fingerprint density at radius 3 is 2.46 bits per heavy atom. The van der Waals surface area contributed by atoms with Gasteiger partial charge in [-0.1, -0.05) is 29.8 Å². The zero-order valence-electron chi connectivity index (χ0n) is 12.9. The second-order valence-corrected chi connectivity index (χ2v) is 5.43. The first-order chi connectivity index (χ1) is 11.5. The lowest BCUT2D eigenvalue weighted by molar-refractivity contribution is -0.132. The Labute approximate surface area is 143 Å². The molecule has 2 aromatic rings. The fraction of sp³-hybridized carbons (Fsp3) is 0.176. The molecule has 0 radical (unpaired) electrons. The zero-order valence-corrected chi connectivity index (χ0v) is 13.6. The lowest BCUT2D eigenvalue weighted by atomic mass is 10.1. The minimum Gasteiger partial charge on any atom is -0.481 e. The Balaban J connectivity index is 1.80. The van der Waals surface area contributed by atoms with Crippen LogP contribution < -0.4 is 15.6 Å². The highest BCUT2D eigenvalue weighted by atomic mass is 35.5. The predicted molar refractivity (Wildman–Crippen MR) is 87.9 cm³/mol. The summed E-state index contributed by atoms with van der Waals surface area (Å²) in [5.74, 6) is -0.995. The van der Waals surface area contributed by atoms with Gasteiger partial charge < -0.3 is 4.74 Å². The summed E-state index contributed by atoms with van der Waals surface area (Å²) < 4.78 is 18.2. The number of hydrogen-bond acceptors (Lipinski definition) is 3. The highest BCUT2D eigenvalue weighted by Crippen LogP contribution is 2.15. The highest BCUT2D eigenvalue weighted by molar-refractivity contribution is 6.31. The summed E-state index contributed by atoms with van der Waals surface area (Å²) in [4.78, 5) is 23.7. The van der Waals surface area contributed by atoms with E-state index in [1.54, 1.807) is 24.3 Å². The maximum Gasteiger partial charge on any atom is 0.279 e. The van der Waals surface area contributed by atoms with Crippen LogP contribution in [0, 0.1) is 5.82 Å². The Kier molecular flexibility index (Phi) is 6.14. The number of benzene rings is 2. The topological polar surface area (TPSA) is 67.4 Å². The van der Waals surface area contributed by atoms with Gasteiger partial charge in [0.05, 0.1) is 6.42 Å². The Morgan fingerprint density at radius 1 is 1.12 bits per heavy atom. The van der Waals surface area contributed by atoms with Crippen LogP contribution in [0.3, 0.4) is 0 Å². The van der Waals surface area contributed by atoms with E-state index in [1.807, 2.05) is 0 Å². The molecule has 0 heterocycles. The Bertz CT molecular complexity index is 722. The monoisotopic (exact) mass is 350 g/mol. The SMILES string of the molecule is C[C@H](Oc1ccc(F)cc1)C(=O)NNC(=O)Cc1ccccc1Cl. The number of nitrogens with one attached hydrogen (secondary N) is 2. The van der Waals surface area contributed by atoms with Crippen LogP contribution in [-0.4, -0.2) is 17.9 Å². The molecule has 0 spiro atoms. The first-order valence-electron chi connectivity index (χ1n) is 7.20. The molecule has 0 aromatic heterocycles. The van der Waals surface area contributed by atoms with Gasteiger partial charge in [-0.2, -0.15) is 0 Å². The number of ether oxygens (including phenoxy) is 1. The number of rotatable bonds is 5. The van der Waals surface area contributed by atoms with Crippen LogP contribution >= 0.6 is 11.6 Å². The minimum absolute atomic E-state index is 0.0349. The summed E-state index contributed by atoms with van der Waals surface area (Å²) in [7, 11) is 0. The molecule has 2 aromatic carbocycles. The van der Waals surface area contributed by atoms with Crippen molar-refractivity contribution in [2.45, 2.75) is 19.4 Å². The molecule has 0 bridgehead atoms. The van der Waals surface area contributed by atoms with E-state index in [0.717, 1.165) is 0 Å². The number of hydrogen-bond donors (Lipinski definition) is 2. The third-order valence-electron chi connectivity index (χ3n) is 3.13. The summed E-state index contributed by atoms with van der Waals surface area (Å²) >= 11 is 5.97. The Morgan fingerprint density at radius 2 is 1.79 bits per heavy atom. The normalized spacial score (nSPS) is 11.5. The number of amides is 2. The van der Waals surface area contributed by atoms with Crippen molar-refractivity contribution < 1.29 is 18.7 Å². The molecule has 0 unspecified atom stereocenters. The van der Waals surface area contributed by atoms with E-state index in [4.69, 9.17) is 16.3 Å². The molecule has 0 aliphatic heterocycles. The standard InChI is InChI=1S/C17H16ClFN2O3/c1-11(24-14-8-6-13(19)7-9-14)17(23)21-20-16(22)10-12-4-2-3-5-15(12)18/h2-9,11H,10H2,1H3,(H,20,22)(H,21,23)/t11-/m0/s1. The lowest BCUT2D eigenvalue weighted by Gasteiger charge is -2.15. The molecule has 5 nitrogen and oxygen atoms in total. The molecule has 24 heavy (non-hydrogen) atoms. The van der Waals surface area contributed by atoms with Gasteiger partial charge in [-0.05, 0) is 42.8 Å². The third-order valence-corrected chi connectivity index (χ3v) is 3.50. The Hall–Kier alpha value is -2.60. The van der Waals surface area contributed by atoms with Gasteiger partial charge >= 0.3 is 0 Å². The fourth-order valence-corrected chi connectivity index (χ4v) is 2.07. The zero-order chi connectivity index (χ0) is 17.5. The van der Waals surface area contributed by atoms with Crippen molar-refractivity contribution in [1.82, 2.24) is 10.9 Å². The lowest BCUT2D eigenvalue weighted by Crippen LogP contribution is -2.47. The van der Waals surface area contributed by atoms with Crippen LogP contribution in [0.5, 0.6) is 5.75 Å². The van der Waals surface area contributed by atoms with Crippen LogP contribution in [0.2, 0.25) is 5.02 Å². The summed E-state index contributed by atoms with van der Waals surface area (Å²) in [6, 6.07) is 12.2. The predicted octanol–water partition coefficient (Wildman–Crippen LogP) is 2.64. The molecule has 2 amide bonds. The summed E-state index contributed by atoms with van der Waals surface area (Å²) in [5, 5.41) is 0.479. The second-order valence-electron chi connectivity index (χ2n) is 5.02. The van der Waals surface area contributed by atoms with Crippen LogP contribution in [0.25, 0.3) is 0 Å². The van der Waals surface area contributed by atoms with Crippen LogP contribution in [0.1, 0.15) is 12.5 Å². The van der Waals surface area contributed by atoms with E-state index >= 15 is 0 Å². The summed E-state index contributed by atoms with van der Waals surface area (Å²) in [6.45, 7) is 1.51. The van der Waals surface area contributed by atoms with Crippen LogP contribution in [-0.2, 0) is 16.0 Å². The van der Waals surface area contributed by atoms with E-state index in [9.17, 15) is 14.0 Å². The maximum absolute atomic E-state index is 12.8. The average Bonchev–Trinajstić information content (AvgIpc) is 2.57. The van der Waals surface area contributed by atoms with Crippen molar-refractivity contribution in [1.29, 1.82) is 0 Å². The molecule has 1 atom stereocenters. The molecule has 0 aliphatic carbocycles. The van der Waals surface area contributed by atoms with Gasteiger partial charge in [-0.15, -0.1) is 0 Å². The van der Waals surface area contributed by atoms with Gasteiger partial charge in [0.25, 0.3) is 5.91 Å². The molecule has 2 N–H and O–H groups in total. The van der Waals surface area contributed by atoms with Gasteiger partial charge in [0.2, 0.25) is 5.91 Å². The van der Waals surface area contributed by atoms with Gasteiger partial charge in [0, 0.05) is 5.02 Å². The van der Waals surface area contributed by atoms with E-state index in [0.29, 0.717) is 16.3 Å². The highest BCUT2D eigenvalue weighted by Gasteiger charge is 2.16. The van der Waals surface area contributed by atoms with E-state index < -0.39 is 23.7 Å². The van der Waals surface area contributed by atoms with Crippen molar-refractivity contribution in [2.75, 3.05) is 0 Å². The second kappa shape index (κ2) is 8.31. The van der Waals surface area contributed by atoms with Gasteiger partial charge in [0.1, 0.15) is 11.6 Å². The van der Waals surface area contributed by atoms with Crippen LogP contribution in [0.15, 0.2) is 48.5 Å². The van der Waals surface area contributed by atoms with Crippen LogP contribution in [0.4, 0.5) is 4.39 Å². The molecular formula is C17H16ClFN2O3. The molecule has 126 valence electrons. The van der Waals surface area contributed by atoms with Crippen molar-refractivity contribution >= 4 is 23.4 Å². The largest absolute Gasteiger partial charge is 0.481 e. The average molecular weight is 351 g/mol. The van der Waals surface area contributed by atoms with E-state index in [2.05, 4.69) is 10.9 Å². The number of carbonyl (C=O) groups excluding carboxylic acids is 2. The first kappa shape index (κ1) is 17.7. The summed E-state index contributed by atoms with van der Waals surface area (Å²) in [6.07, 6.45) is -0.830. The summed E-state index contributed by atoms with van der Waals surface area (Å²) in [5.41, 5.74) is 5.22. The van der Waals surface area contributed by atoms with Gasteiger partial charge in [0.15, 0.2) is 6.10 Å². The smallest absolute Gasteiger partial charge is 0.279 e. The maximum atomic E-state index is 12.8. The van der Waals surface area contributed by atoms with Crippen molar-refractivity contribution in [3.63, 3.8) is 0 Å². The molecule has 7 heteroatoms. The van der Waals surface area contributed by atoms with Gasteiger partial charge in [-0.25, -0.2) is 4.39 Å². The number of halogens is 2. The molecule has 0 saturated heterocycles. The van der Waals surface area contributed by atoms with Gasteiger partial charge in [-0.3, -0.25) is 20.4 Å². The van der Waals surface area contributed by atoms with E-state index in [-0.39, 0.29) is 6.42 Å². The van der Waals surface area contributed by atoms with E-state index in [1.165, 1.54) is 31.2 Å². The minimum atomic E-state index is -0.865. The molecule has 0 aliphatic rings.